The summed E-state index contributed by atoms with van der Waals surface area (Å²) in [6.45, 7) is 3.63. The second-order valence-corrected chi connectivity index (χ2v) is 5.12. The lowest BCUT2D eigenvalue weighted by atomic mass is 10.1. The maximum Gasteiger partial charge on any atom is 0.163 e. The quantitative estimate of drug-likeness (QED) is 0.852. The van der Waals surface area contributed by atoms with E-state index in [0.717, 1.165) is 5.56 Å². The largest absolute Gasteiger partial charge is 0.389 e. The first-order valence-corrected chi connectivity index (χ1v) is 6.54. The summed E-state index contributed by atoms with van der Waals surface area (Å²) in [7, 11) is 0. The Balaban J connectivity index is 2.51. The summed E-state index contributed by atoms with van der Waals surface area (Å²) in [5, 5.41) is 11.2. The second kappa shape index (κ2) is 5.68. The van der Waals surface area contributed by atoms with Crippen LogP contribution in [0.1, 0.15) is 16.8 Å². The molecule has 0 aliphatic heterocycles. The molecule has 0 saturated heterocycles. The highest BCUT2D eigenvalue weighted by Gasteiger charge is 2.15. The zero-order chi connectivity index (χ0) is 14.9. The molecule has 1 aromatic carbocycles. The first-order valence-electron chi connectivity index (χ1n) is 5.76. The summed E-state index contributed by atoms with van der Waals surface area (Å²) in [5.41, 5.74) is 7.96. The molecule has 104 valence electrons. The van der Waals surface area contributed by atoms with Crippen molar-refractivity contribution in [1.82, 2.24) is 10.2 Å². The summed E-state index contributed by atoms with van der Waals surface area (Å²) in [6.07, 6.45) is 0. The number of nitrogens with one attached hydrogen (secondary N) is 1. The summed E-state index contributed by atoms with van der Waals surface area (Å²) in [6, 6.07) is 4.18. The lowest BCUT2D eigenvalue weighted by Crippen LogP contribution is -2.17. The van der Waals surface area contributed by atoms with Crippen LogP contribution in [0.15, 0.2) is 18.2 Å². The van der Waals surface area contributed by atoms with E-state index in [9.17, 15) is 4.39 Å². The number of nitrogens with zero attached hydrogens (tertiary/aromatic N) is 2. The summed E-state index contributed by atoms with van der Waals surface area (Å²) in [4.78, 5) is 0.172. The number of benzene rings is 1. The van der Waals surface area contributed by atoms with Gasteiger partial charge in [0, 0.05) is 5.02 Å². The van der Waals surface area contributed by atoms with Gasteiger partial charge in [0.2, 0.25) is 0 Å². The van der Waals surface area contributed by atoms with Crippen molar-refractivity contribution in [2.45, 2.75) is 13.8 Å². The van der Waals surface area contributed by atoms with Gasteiger partial charge < -0.3 is 11.1 Å². The molecule has 0 radical (unpaired) electrons. The Labute approximate surface area is 126 Å². The highest BCUT2D eigenvalue weighted by Crippen LogP contribution is 2.26. The number of nitrogens with two attached hydrogens (primary N) is 1. The minimum atomic E-state index is -0.455. The van der Waals surface area contributed by atoms with Gasteiger partial charge in [-0.05, 0) is 37.6 Å². The van der Waals surface area contributed by atoms with Crippen LogP contribution in [0.4, 0.5) is 15.9 Å². The van der Waals surface area contributed by atoms with Gasteiger partial charge in [0.05, 0.1) is 16.9 Å². The standard InChI is InChI=1S/C13H12ClFN4S/c1-6-7(2)18-19-13(11(6)12(16)20)17-10-5-8(14)3-4-9(10)15/h3-5H,1-2H3,(H2,16,20)(H,17,19). The molecule has 4 nitrogen and oxygen atoms in total. The van der Waals surface area contributed by atoms with Crippen LogP contribution in [0.25, 0.3) is 0 Å². The zero-order valence-corrected chi connectivity index (χ0v) is 12.4. The van der Waals surface area contributed by atoms with E-state index in [4.69, 9.17) is 29.6 Å². The molecule has 1 heterocycles. The summed E-state index contributed by atoms with van der Waals surface area (Å²) < 4.78 is 13.7. The average Bonchev–Trinajstić information content (AvgIpc) is 2.38. The van der Waals surface area contributed by atoms with Crippen molar-refractivity contribution in [3.8, 4) is 0 Å². The van der Waals surface area contributed by atoms with Gasteiger partial charge in [0.15, 0.2) is 5.82 Å². The van der Waals surface area contributed by atoms with E-state index in [-0.39, 0.29) is 10.7 Å². The van der Waals surface area contributed by atoms with Gasteiger partial charge >= 0.3 is 0 Å². The van der Waals surface area contributed by atoms with Crippen molar-refractivity contribution in [2.75, 3.05) is 5.32 Å². The highest BCUT2D eigenvalue weighted by atomic mass is 35.5. The third-order valence-electron chi connectivity index (χ3n) is 2.88. The van der Waals surface area contributed by atoms with Gasteiger partial charge in [0.1, 0.15) is 10.8 Å². The lowest BCUT2D eigenvalue weighted by molar-refractivity contribution is 0.631. The Hall–Kier alpha value is -1.79. The molecule has 1 aromatic heterocycles. The fraction of sp³-hybridized carbons (Fsp3) is 0.154. The maximum atomic E-state index is 13.7. The van der Waals surface area contributed by atoms with E-state index >= 15 is 0 Å². The van der Waals surface area contributed by atoms with Crippen LogP contribution in [0.3, 0.4) is 0 Å². The van der Waals surface area contributed by atoms with E-state index in [1.807, 2.05) is 6.92 Å². The van der Waals surface area contributed by atoms with E-state index < -0.39 is 5.82 Å². The fourth-order valence-corrected chi connectivity index (χ4v) is 2.14. The van der Waals surface area contributed by atoms with Crippen molar-refractivity contribution >= 4 is 40.3 Å². The third-order valence-corrected chi connectivity index (χ3v) is 3.32. The number of anilines is 2. The molecule has 0 amide bonds. The molecule has 20 heavy (non-hydrogen) atoms. The maximum absolute atomic E-state index is 13.7. The Morgan fingerprint density at radius 3 is 2.70 bits per heavy atom. The molecule has 0 aliphatic carbocycles. The SMILES string of the molecule is Cc1nnc(Nc2cc(Cl)ccc2F)c(C(N)=S)c1C. The van der Waals surface area contributed by atoms with Gasteiger partial charge in [-0.15, -0.1) is 5.10 Å². The van der Waals surface area contributed by atoms with Crippen molar-refractivity contribution in [2.24, 2.45) is 5.73 Å². The highest BCUT2D eigenvalue weighted by molar-refractivity contribution is 7.80. The first kappa shape index (κ1) is 14.6. The van der Waals surface area contributed by atoms with Gasteiger partial charge in [-0.3, -0.25) is 0 Å². The number of hydrogen-bond donors (Lipinski definition) is 2. The van der Waals surface area contributed by atoms with E-state index in [1.54, 1.807) is 6.92 Å². The molecule has 0 bridgehead atoms. The Morgan fingerprint density at radius 1 is 1.35 bits per heavy atom. The molecule has 3 N–H and O–H groups in total. The van der Waals surface area contributed by atoms with Crippen LogP contribution >= 0.6 is 23.8 Å². The molecule has 0 aliphatic rings. The molecule has 2 rings (SSSR count). The summed E-state index contributed by atoms with van der Waals surface area (Å²) >= 11 is 10.9. The summed E-state index contributed by atoms with van der Waals surface area (Å²) in [5.74, 6) is -0.148. The minimum Gasteiger partial charge on any atom is -0.389 e. The predicted molar refractivity (Wildman–Crippen MR) is 82.1 cm³/mol. The molecule has 0 spiro atoms. The van der Waals surface area contributed by atoms with Gasteiger partial charge in [0.25, 0.3) is 0 Å². The lowest BCUT2D eigenvalue weighted by Gasteiger charge is -2.13. The van der Waals surface area contributed by atoms with E-state index in [2.05, 4.69) is 15.5 Å². The van der Waals surface area contributed by atoms with Gasteiger partial charge in [-0.25, -0.2) is 4.39 Å². The first-order chi connectivity index (χ1) is 9.40. The smallest absolute Gasteiger partial charge is 0.163 e. The van der Waals surface area contributed by atoms with Gasteiger partial charge in [-0.1, -0.05) is 23.8 Å². The van der Waals surface area contributed by atoms with Crippen LogP contribution < -0.4 is 11.1 Å². The number of rotatable bonds is 3. The molecule has 0 atom stereocenters. The Kier molecular flexibility index (Phi) is 4.15. The van der Waals surface area contributed by atoms with Crippen molar-refractivity contribution in [3.05, 3.63) is 45.9 Å². The van der Waals surface area contributed by atoms with Crippen molar-refractivity contribution in [3.63, 3.8) is 0 Å². The number of halogens is 2. The van der Waals surface area contributed by atoms with Crippen LogP contribution in [-0.2, 0) is 0 Å². The molecule has 7 heteroatoms. The van der Waals surface area contributed by atoms with Crippen LogP contribution in [0, 0.1) is 19.7 Å². The Bertz CT molecular complexity index is 690. The van der Waals surface area contributed by atoms with Crippen molar-refractivity contribution in [1.29, 1.82) is 0 Å². The minimum absolute atomic E-state index is 0.172. The molecular weight excluding hydrogens is 299 g/mol. The van der Waals surface area contributed by atoms with E-state index in [0.29, 0.717) is 22.1 Å². The normalized spacial score (nSPS) is 10.4. The number of thiocarbonyl (C=S) groups is 1. The molecule has 0 unspecified atom stereocenters. The topological polar surface area (TPSA) is 63.8 Å². The zero-order valence-electron chi connectivity index (χ0n) is 10.9. The number of aryl methyl sites for hydroxylation is 1. The third kappa shape index (κ3) is 2.86. The predicted octanol–water partition coefficient (Wildman–Crippen LogP) is 3.26. The van der Waals surface area contributed by atoms with Crippen molar-refractivity contribution < 1.29 is 4.39 Å². The van der Waals surface area contributed by atoms with Gasteiger partial charge in [-0.2, -0.15) is 5.10 Å². The van der Waals surface area contributed by atoms with E-state index in [1.165, 1.54) is 18.2 Å². The van der Waals surface area contributed by atoms with Crippen LogP contribution in [0.5, 0.6) is 0 Å². The average molecular weight is 311 g/mol. The second-order valence-electron chi connectivity index (χ2n) is 4.25. The van der Waals surface area contributed by atoms with Crippen LogP contribution in [-0.4, -0.2) is 15.2 Å². The number of hydrogen-bond acceptors (Lipinski definition) is 4. The molecule has 2 aromatic rings. The fourth-order valence-electron chi connectivity index (χ4n) is 1.72. The van der Waals surface area contributed by atoms with Crippen LogP contribution in [0.2, 0.25) is 5.02 Å². The Morgan fingerprint density at radius 2 is 2.05 bits per heavy atom. The molecule has 0 saturated carbocycles. The monoisotopic (exact) mass is 310 g/mol. The molecular formula is C13H12ClFN4S. The molecule has 0 fully saturated rings. The number of aromatic nitrogens is 2.